The summed E-state index contributed by atoms with van der Waals surface area (Å²) < 4.78 is 24.9. The Balaban J connectivity index is 0.00000243. The van der Waals surface area contributed by atoms with Gasteiger partial charge in [-0.15, -0.1) is 0 Å². The fourth-order valence-electron chi connectivity index (χ4n) is 2.67. The molecule has 0 spiro atoms. The van der Waals surface area contributed by atoms with Crippen molar-refractivity contribution in [2.45, 2.75) is 11.3 Å². The zero-order valence-electron chi connectivity index (χ0n) is 14.8. The standard InChI is InChI=1S/C21H20O2PS.Li/c22-25(23,21-15-8-3-9-16-21)18-10-17-24(19-11-4-1-5-12-19)20-13-6-2-7-14-20;/h1-9,11-16,18H,10,17H2;/q-1;+1. The zero-order chi connectivity index (χ0) is 17.5. The van der Waals surface area contributed by atoms with Crippen LogP contribution in [-0.2, 0) is 9.84 Å². The smallest absolute Gasteiger partial charge is 0.257 e. The van der Waals surface area contributed by atoms with Crippen LogP contribution >= 0.6 is 7.92 Å². The van der Waals surface area contributed by atoms with Crippen LogP contribution < -0.4 is 29.5 Å². The van der Waals surface area contributed by atoms with Gasteiger partial charge in [0, 0.05) is 4.90 Å². The Morgan fingerprint density at radius 1 is 0.692 bits per heavy atom. The van der Waals surface area contributed by atoms with Crippen molar-refractivity contribution in [2.75, 3.05) is 6.16 Å². The fourth-order valence-corrected chi connectivity index (χ4v) is 6.26. The van der Waals surface area contributed by atoms with Crippen molar-refractivity contribution in [1.82, 2.24) is 0 Å². The molecule has 0 heterocycles. The van der Waals surface area contributed by atoms with Gasteiger partial charge in [-0.05, 0) is 30.7 Å². The first-order valence-corrected chi connectivity index (χ1v) is 11.3. The molecular weight excluding hydrogens is 354 g/mol. The molecule has 0 amide bonds. The van der Waals surface area contributed by atoms with Crippen molar-refractivity contribution in [3.05, 3.63) is 96.7 Å². The van der Waals surface area contributed by atoms with Crippen LogP contribution in [0.4, 0.5) is 0 Å². The van der Waals surface area contributed by atoms with Crippen molar-refractivity contribution < 1.29 is 27.3 Å². The predicted octanol–water partition coefficient (Wildman–Crippen LogP) is 1.15. The van der Waals surface area contributed by atoms with E-state index in [0.29, 0.717) is 11.3 Å². The Morgan fingerprint density at radius 2 is 1.12 bits per heavy atom. The summed E-state index contributed by atoms with van der Waals surface area (Å²) in [4.78, 5) is 0.360. The molecule has 128 valence electrons. The van der Waals surface area contributed by atoms with E-state index in [1.54, 1.807) is 24.3 Å². The maximum absolute atomic E-state index is 12.4. The predicted molar refractivity (Wildman–Crippen MR) is 106 cm³/mol. The maximum atomic E-state index is 12.4. The van der Waals surface area contributed by atoms with Crippen molar-refractivity contribution in [2.24, 2.45) is 0 Å². The number of rotatable bonds is 7. The van der Waals surface area contributed by atoms with Crippen LogP contribution in [0.5, 0.6) is 0 Å². The molecule has 5 heteroatoms. The Labute approximate surface area is 169 Å². The Hall–Kier alpha value is -1.36. The molecule has 3 aromatic carbocycles. The van der Waals surface area contributed by atoms with E-state index in [4.69, 9.17) is 0 Å². The van der Waals surface area contributed by atoms with Crippen molar-refractivity contribution in [1.29, 1.82) is 0 Å². The molecule has 0 atom stereocenters. The molecule has 0 fully saturated rings. The molecule has 0 aliphatic heterocycles. The van der Waals surface area contributed by atoms with Gasteiger partial charge in [0.15, 0.2) is 0 Å². The van der Waals surface area contributed by atoms with Crippen molar-refractivity contribution in [3.8, 4) is 0 Å². The van der Waals surface area contributed by atoms with E-state index in [-0.39, 0.29) is 18.9 Å². The molecule has 0 saturated heterocycles. The summed E-state index contributed by atoms with van der Waals surface area (Å²) in [5.74, 6) is 1.46. The van der Waals surface area contributed by atoms with E-state index in [9.17, 15) is 8.42 Å². The van der Waals surface area contributed by atoms with Gasteiger partial charge < -0.3 is 0 Å². The van der Waals surface area contributed by atoms with E-state index in [0.717, 1.165) is 6.16 Å². The van der Waals surface area contributed by atoms with E-state index < -0.39 is 17.8 Å². The molecule has 0 aliphatic rings. The van der Waals surface area contributed by atoms with Gasteiger partial charge >= 0.3 is 18.9 Å². The van der Waals surface area contributed by atoms with Crippen LogP contribution in [0, 0.1) is 5.75 Å². The minimum absolute atomic E-state index is 0. The van der Waals surface area contributed by atoms with Gasteiger partial charge in [0.2, 0.25) is 0 Å². The van der Waals surface area contributed by atoms with Gasteiger partial charge in [-0.2, -0.15) is 6.42 Å². The number of hydrogen-bond donors (Lipinski definition) is 0. The van der Waals surface area contributed by atoms with E-state index >= 15 is 0 Å². The summed E-state index contributed by atoms with van der Waals surface area (Å²) in [5.41, 5.74) is 0. The molecule has 3 aromatic rings. The second-order valence-corrected chi connectivity index (χ2v) is 9.87. The van der Waals surface area contributed by atoms with Crippen LogP contribution in [0.25, 0.3) is 0 Å². The average Bonchev–Trinajstić information content (AvgIpc) is 2.67. The van der Waals surface area contributed by atoms with E-state index in [2.05, 4.69) is 24.3 Å². The first kappa shape index (κ1) is 20.9. The van der Waals surface area contributed by atoms with Crippen LogP contribution in [0.1, 0.15) is 6.42 Å². The monoisotopic (exact) mass is 374 g/mol. The van der Waals surface area contributed by atoms with Gasteiger partial charge in [0.05, 0.1) is 9.84 Å². The zero-order valence-corrected chi connectivity index (χ0v) is 16.5. The third-order valence-corrected chi connectivity index (χ3v) is 8.05. The van der Waals surface area contributed by atoms with Crippen LogP contribution in [-0.4, -0.2) is 14.6 Å². The maximum Gasteiger partial charge on any atom is 1.00 e. The summed E-state index contributed by atoms with van der Waals surface area (Å²) in [6.07, 6.45) is 1.35. The average molecular weight is 374 g/mol. The van der Waals surface area contributed by atoms with Crippen LogP contribution in [0.2, 0.25) is 0 Å². The number of hydrogen-bond acceptors (Lipinski definition) is 2. The van der Waals surface area contributed by atoms with Gasteiger partial charge in [0.25, 0.3) is 0 Å². The molecular formula is C21H20LiO2PS. The fraction of sp³-hybridized carbons (Fsp3) is 0.0952. The van der Waals surface area contributed by atoms with Crippen LogP contribution in [0.15, 0.2) is 95.9 Å². The van der Waals surface area contributed by atoms with Crippen LogP contribution in [0.3, 0.4) is 0 Å². The SMILES string of the molecule is O=S(=O)([CH-]CCP(c1ccccc1)c1ccccc1)c1ccccc1.[Li+]. The molecule has 0 saturated carbocycles. The minimum atomic E-state index is -3.33. The van der Waals surface area contributed by atoms with Gasteiger partial charge in [-0.25, -0.2) is 5.75 Å². The largest absolute Gasteiger partial charge is 1.00 e. The summed E-state index contributed by atoms with van der Waals surface area (Å²) in [7, 11) is -3.90. The third-order valence-electron chi connectivity index (χ3n) is 3.90. The second-order valence-electron chi connectivity index (χ2n) is 5.64. The van der Waals surface area contributed by atoms with E-state index in [1.807, 2.05) is 42.5 Å². The molecule has 0 bridgehead atoms. The molecule has 3 rings (SSSR count). The quantitative estimate of drug-likeness (QED) is 0.353. The second kappa shape index (κ2) is 10.1. The summed E-state index contributed by atoms with van der Waals surface area (Å²) >= 11 is 0. The molecule has 0 unspecified atom stereocenters. The molecule has 0 aliphatic carbocycles. The van der Waals surface area contributed by atoms with Crippen molar-refractivity contribution in [3.63, 3.8) is 0 Å². The summed E-state index contributed by atoms with van der Waals surface area (Å²) in [6.45, 7) is 0. The minimum Gasteiger partial charge on any atom is -0.257 e. The number of sulfone groups is 1. The number of benzene rings is 3. The van der Waals surface area contributed by atoms with Gasteiger partial charge in [0.1, 0.15) is 0 Å². The molecule has 26 heavy (non-hydrogen) atoms. The Bertz CT molecular complexity index is 846. The summed E-state index contributed by atoms with van der Waals surface area (Å²) in [5, 5.41) is 2.54. The molecule has 0 radical (unpaired) electrons. The van der Waals surface area contributed by atoms with Gasteiger partial charge in [-0.1, -0.05) is 85.0 Å². The summed E-state index contributed by atoms with van der Waals surface area (Å²) in [6, 6.07) is 29.3. The van der Waals surface area contributed by atoms with E-state index in [1.165, 1.54) is 16.4 Å². The molecule has 0 aromatic heterocycles. The molecule has 2 nitrogen and oxygen atoms in total. The Kier molecular flexibility index (Phi) is 8.13. The third kappa shape index (κ3) is 5.57. The first-order chi connectivity index (χ1) is 12.2. The normalized spacial score (nSPS) is 11.1. The Morgan fingerprint density at radius 3 is 1.58 bits per heavy atom. The first-order valence-electron chi connectivity index (χ1n) is 8.18. The van der Waals surface area contributed by atoms with Crippen molar-refractivity contribution >= 4 is 28.4 Å². The van der Waals surface area contributed by atoms with Gasteiger partial charge in [-0.3, -0.25) is 8.42 Å². The molecule has 0 N–H and O–H groups in total. The topological polar surface area (TPSA) is 34.1 Å².